The average molecular weight is 254 g/mol. The summed E-state index contributed by atoms with van der Waals surface area (Å²) in [5.41, 5.74) is 0.355. The molecule has 3 unspecified atom stereocenters. The summed E-state index contributed by atoms with van der Waals surface area (Å²) in [6, 6.07) is 1.43. The van der Waals surface area contributed by atoms with Crippen molar-refractivity contribution in [2.45, 2.75) is 71.9 Å². The van der Waals surface area contributed by atoms with E-state index in [2.05, 4.69) is 52.0 Å². The topological polar surface area (TPSA) is 15.3 Å². The number of nitrogens with one attached hydrogen (secondary N) is 1. The standard InChI is InChI=1S/C16H34N2/c1-13-9-7-8-10-14(13)18(6)12-11-15(17-5)16(2,3)4/h13-15,17H,7-12H2,1-6H3. The largest absolute Gasteiger partial charge is 0.316 e. The van der Waals surface area contributed by atoms with E-state index >= 15 is 0 Å². The van der Waals surface area contributed by atoms with Crippen LogP contribution in [0.3, 0.4) is 0 Å². The van der Waals surface area contributed by atoms with Crippen LogP contribution in [0.4, 0.5) is 0 Å². The minimum atomic E-state index is 0.355. The molecule has 108 valence electrons. The summed E-state index contributed by atoms with van der Waals surface area (Å²) in [4.78, 5) is 2.61. The van der Waals surface area contributed by atoms with Crippen molar-refractivity contribution in [2.24, 2.45) is 11.3 Å². The van der Waals surface area contributed by atoms with Crippen molar-refractivity contribution in [1.82, 2.24) is 10.2 Å². The summed E-state index contributed by atoms with van der Waals surface area (Å²) in [5, 5.41) is 3.48. The zero-order valence-electron chi connectivity index (χ0n) is 13.4. The molecule has 1 rings (SSSR count). The SMILES string of the molecule is CNC(CCN(C)C1CCCCC1C)C(C)(C)C. The van der Waals surface area contributed by atoms with Crippen LogP contribution in [0.25, 0.3) is 0 Å². The second-order valence-electron chi connectivity index (χ2n) is 7.31. The summed E-state index contributed by atoms with van der Waals surface area (Å²) in [6.45, 7) is 10.6. The molecule has 0 heterocycles. The lowest BCUT2D eigenvalue weighted by atomic mass is 9.83. The van der Waals surface area contributed by atoms with Crippen molar-refractivity contribution in [3.05, 3.63) is 0 Å². The number of hydrogen-bond donors (Lipinski definition) is 1. The molecule has 1 N–H and O–H groups in total. The van der Waals surface area contributed by atoms with E-state index < -0.39 is 0 Å². The van der Waals surface area contributed by atoms with E-state index in [0.717, 1.165) is 12.0 Å². The highest BCUT2D eigenvalue weighted by molar-refractivity contribution is 4.83. The molecular weight excluding hydrogens is 220 g/mol. The van der Waals surface area contributed by atoms with Gasteiger partial charge in [0.2, 0.25) is 0 Å². The maximum absolute atomic E-state index is 3.48. The Kier molecular flexibility index (Phi) is 6.13. The highest BCUT2D eigenvalue weighted by Crippen LogP contribution is 2.28. The van der Waals surface area contributed by atoms with Gasteiger partial charge in [0.05, 0.1) is 0 Å². The minimum Gasteiger partial charge on any atom is -0.316 e. The number of rotatable bonds is 5. The van der Waals surface area contributed by atoms with Gasteiger partial charge in [-0.05, 0) is 51.2 Å². The normalized spacial score (nSPS) is 27.5. The molecule has 0 aliphatic heterocycles. The van der Waals surface area contributed by atoms with Gasteiger partial charge in [-0.3, -0.25) is 0 Å². The minimum absolute atomic E-state index is 0.355. The van der Waals surface area contributed by atoms with Crippen molar-refractivity contribution in [2.75, 3.05) is 20.6 Å². The average Bonchev–Trinajstić information content (AvgIpc) is 2.28. The van der Waals surface area contributed by atoms with Gasteiger partial charge in [-0.15, -0.1) is 0 Å². The molecule has 18 heavy (non-hydrogen) atoms. The molecule has 0 amide bonds. The lowest BCUT2D eigenvalue weighted by Crippen LogP contribution is -2.44. The van der Waals surface area contributed by atoms with Crippen LogP contribution in [-0.4, -0.2) is 37.6 Å². The van der Waals surface area contributed by atoms with Crippen LogP contribution in [0.5, 0.6) is 0 Å². The monoisotopic (exact) mass is 254 g/mol. The summed E-state index contributed by atoms with van der Waals surface area (Å²) in [5.74, 6) is 0.881. The molecule has 0 radical (unpaired) electrons. The van der Waals surface area contributed by atoms with Gasteiger partial charge in [0, 0.05) is 12.1 Å². The molecule has 3 atom stereocenters. The van der Waals surface area contributed by atoms with Gasteiger partial charge in [-0.2, -0.15) is 0 Å². The van der Waals surface area contributed by atoms with E-state index in [1.807, 2.05) is 0 Å². The molecule has 1 aliphatic rings. The maximum Gasteiger partial charge on any atom is 0.0125 e. The van der Waals surface area contributed by atoms with Crippen molar-refractivity contribution >= 4 is 0 Å². The fraction of sp³-hybridized carbons (Fsp3) is 1.00. The van der Waals surface area contributed by atoms with E-state index in [0.29, 0.717) is 11.5 Å². The van der Waals surface area contributed by atoms with Crippen molar-refractivity contribution in [1.29, 1.82) is 0 Å². The van der Waals surface area contributed by atoms with Crippen LogP contribution >= 0.6 is 0 Å². The Labute approximate surface area is 115 Å². The van der Waals surface area contributed by atoms with Gasteiger partial charge in [0.1, 0.15) is 0 Å². The number of nitrogens with zero attached hydrogens (tertiary/aromatic N) is 1. The smallest absolute Gasteiger partial charge is 0.0125 e. The van der Waals surface area contributed by atoms with Crippen LogP contribution < -0.4 is 5.32 Å². The van der Waals surface area contributed by atoms with Crippen molar-refractivity contribution in [3.8, 4) is 0 Å². The molecule has 0 saturated heterocycles. The molecule has 0 aromatic heterocycles. The van der Waals surface area contributed by atoms with Crippen LogP contribution in [0, 0.1) is 11.3 Å². The Bertz CT molecular complexity index is 232. The van der Waals surface area contributed by atoms with Gasteiger partial charge < -0.3 is 10.2 Å². The molecular formula is C16H34N2. The predicted molar refractivity (Wildman–Crippen MR) is 81.0 cm³/mol. The highest BCUT2D eigenvalue weighted by Gasteiger charge is 2.27. The first kappa shape index (κ1) is 16.0. The van der Waals surface area contributed by atoms with Crippen LogP contribution in [0.2, 0.25) is 0 Å². The summed E-state index contributed by atoms with van der Waals surface area (Å²) in [7, 11) is 4.42. The Balaban J connectivity index is 2.41. The summed E-state index contributed by atoms with van der Waals surface area (Å²) < 4.78 is 0. The maximum atomic E-state index is 3.48. The predicted octanol–water partition coefficient (Wildman–Crippen LogP) is 3.52. The summed E-state index contributed by atoms with van der Waals surface area (Å²) >= 11 is 0. The van der Waals surface area contributed by atoms with Gasteiger partial charge in [0.15, 0.2) is 0 Å². The van der Waals surface area contributed by atoms with Gasteiger partial charge in [-0.25, -0.2) is 0 Å². The second-order valence-corrected chi connectivity index (χ2v) is 7.31. The molecule has 0 aromatic carbocycles. The first-order valence-electron chi connectivity index (χ1n) is 7.73. The van der Waals surface area contributed by atoms with Crippen molar-refractivity contribution < 1.29 is 0 Å². The fourth-order valence-electron chi connectivity index (χ4n) is 3.46. The third-order valence-corrected chi connectivity index (χ3v) is 4.80. The molecule has 2 heteroatoms. The third-order valence-electron chi connectivity index (χ3n) is 4.80. The molecule has 1 fully saturated rings. The quantitative estimate of drug-likeness (QED) is 0.807. The molecule has 0 aromatic rings. The molecule has 0 spiro atoms. The first-order chi connectivity index (χ1) is 8.36. The molecule has 1 saturated carbocycles. The van der Waals surface area contributed by atoms with Crippen LogP contribution in [-0.2, 0) is 0 Å². The molecule has 0 bridgehead atoms. The van der Waals surface area contributed by atoms with Crippen molar-refractivity contribution in [3.63, 3.8) is 0 Å². The van der Waals surface area contributed by atoms with Gasteiger partial charge in [0.25, 0.3) is 0 Å². The van der Waals surface area contributed by atoms with E-state index in [4.69, 9.17) is 0 Å². The van der Waals surface area contributed by atoms with E-state index in [1.54, 1.807) is 0 Å². The molecule has 2 nitrogen and oxygen atoms in total. The zero-order chi connectivity index (χ0) is 13.8. The Morgan fingerprint density at radius 1 is 1.22 bits per heavy atom. The molecule has 1 aliphatic carbocycles. The van der Waals surface area contributed by atoms with E-state index in [1.165, 1.54) is 38.6 Å². The highest BCUT2D eigenvalue weighted by atomic mass is 15.1. The lowest BCUT2D eigenvalue weighted by molar-refractivity contribution is 0.126. The summed E-state index contributed by atoms with van der Waals surface area (Å²) in [6.07, 6.45) is 6.93. The Hall–Kier alpha value is -0.0800. The Morgan fingerprint density at radius 2 is 1.83 bits per heavy atom. The Morgan fingerprint density at radius 3 is 2.33 bits per heavy atom. The van der Waals surface area contributed by atoms with Crippen LogP contribution in [0.1, 0.15) is 59.8 Å². The van der Waals surface area contributed by atoms with E-state index in [9.17, 15) is 0 Å². The zero-order valence-corrected chi connectivity index (χ0v) is 13.4. The first-order valence-corrected chi connectivity index (χ1v) is 7.73. The van der Waals surface area contributed by atoms with Gasteiger partial charge in [-0.1, -0.05) is 40.5 Å². The third kappa shape index (κ3) is 4.55. The lowest BCUT2D eigenvalue weighted by Gasteiger charge is -2.38. The fourth-order valence-corrected chi connectivity index (χ4v) is 3.46. The van der Waals surface area contributed by atoms with E-state index in [-0.39, 0.29) is 0 Å². The number of hydrogen-bond acceptors (Lipinski definition) is 2. The second kappa shape index (κ2) is 6.91. The van der Waals surface area contributed by atoms with Gasteiger partial charge >= 0.3 is 0 Å². The van der Waals surface area contributed by atoms with Crippen LogP contribution in [0.15, 0.2) is 0 Å².